The van der Waals surface area contributed by atoms with E-state index in [0.29, 0.717) is 23.9 Å². The number of benzene rings is 1. The van der Waals surface area contributed by atoms with E-state index in [1.54, 1.807) is 0 Å². The maximum absolute atomic E-state index is 6.11. The Bertz CT molecular complexity index is 525. The molecule has 0 spiro atoms. The van der Waals surface area contributed by atoms with E-state index < -0.39 is 0 Å². The molecule has 2 N–H and O–H groups in total. The highest BCUT2D eigenvalue weighted by molar-refractivity contribution is 6.32. The zero-order valence-corrected chi connectivity index (χ0v) is 11.2. The number of aromatic nitrogens is 2. The molecule has 0 saturated heterocycles. The number of nitrogens with one attached hydrogen (secondary N) is 2. The van der Waals surface area contributed by atoms with E-state index >= 15 is 0 Å². The first-order valence-electron chi connectivity index (χ1n) is 5.85. The first kappa shape index (κ1) is 12.8. The van der Waals surface area contributed by atoms with Gasteiger partial charge >= 0.3 is 0 Å². The van der Waals surface area contributed by atoms with E-state index in [-0.39, 0.29) is 0 Å². The monoisotopic (exact) mass is 265 g/mol. The summed E-state index contributed by atoms with van der Waals surface area (Å²) in [5.74, 6) is 1.62. The molecule has 0 bridgehead atoms. The smallest absolute Gasteiger partial charge is 0.138 e. The van der Waals surface area contributed by atoms with Crippen LogP contribution < -0.4 is 10.1 Å². The SMILES string of the molecule is CCOc1ccc(NCc2cnc(C)[nH]2)cc1Cl. The van der Waals surface area contributed by atoms with Crippen LogP contribution in [0.1, 0.15) is 18.4 Å². The first-order valence-corrected chi connectivity index (χ1v) is 6.23. The lowest BCUT2D eigenvalue weighted by atomic mass is 10.3. The van der Waals surface area contributed by atoms with E-state index in [4.69, 9.17) is 16.3 Å². The maximum Gasteiger partial charge on any atom is 0.138 e. The van der Waals surface area contributed by atoms with Crippen molar-refractivity contribution in [2.75, 3.05) is 11.9 Å². The second kappa shape index (κ2) is 5.78. The molecular weight excluding hydrogens is 250 g/mol. The fourth-order valence-electron chi connectivity index (χ4n) is 1.64. The highest BCUT2D eigenvalue weighted by Crippen LogP contribution is 2.27. The fourth-order valence-corrected chi connectivity index (χ4v) is 1.88. The number of imidazole rings is 1. The van der Waals surface area contributed by atoms with Gasteiger partial charge in [0.15, 0.2) is 0 Å². The Balaban J connectivity index is 1.99. The quantitative estimate of drug-likeness (QED) is 0.871. The van der Waals surface area contributed by atoms with Crippen LogP contribution in [0.15, 0.2) is 24.4 Å². The molecule has 2 aromatic rings. The number of hydrogen-bond donors (Lipinski definition) is 2. The van der Waals surface area contributed by atoms with Crippen molar-refractivity contribution in [2.24, 2.45) is 0 Å². The van der Waals surface area contributed by atoms with Crippen molar-refractivity contribution in [3.8, 4) is 5.75 Å². The van der Waals surface area contributed by atoms with E-state index in [1.807, 2.05) is 38.2 Å². The van der Waals surface area contributed by atoms with Crippen LogP contribution in [0.5, 0.6) is 5.75 Å². The molecule has 0 aliphatic rings. The van der Waals surface area contributed by atoms with Crippen LogP contribution >= 0.6 is 11.6 Å². The number of ether oxygens (including phenoxy) is 1. The van der Waals surface area contributed by atoms with Crippen LogP contribution in [-0.4, -0.2) is 16.6 Å². The average Bonchev–Trinajstić information content (AvgIpc) is 2.76. The van der Waals surface area contributed by atoms with Crippen LogP contribution in [0.25, 0.3) is 0 Å². The van der Waals surface area contributed by atoms with Gasteiger partial charge in [0.2, 0.25) is 0 Å². The molecule has 4 nitrogen and oxygen atoms in total. The lowest BCUT2D eigenvalue weighted by Crippen LogP contribution is -2.00. The molecule has 0 amide bonds. The normalized spacial score (nSPS) is 10.4. The van der Waals surface area contributed by atoms with Crippen molar-refractivity contribution in [1.29, 1.82) is 0 Å². The zero-order chi connectivity index (χ0) is 13.0. The largest absolute Gasteiger partial charge is 0.492 e. The van der Waals surface area contributed by atoms with Crippen LogP contribution in [-0.2, 0) is 6.54 Å². The van der Waals surface area contributed by atoms with Crippen molar-refractivity contribution in [2.45, 2.75) is 20.4 Å². The number of halogens is 1. The van der Waals surface area contributed by atoms with Gasteiger partial charge in [0, 0.05) is 5.69 Å². The molecule has 0 atom stereocenters. The molecule has 0 saturated carbocycles. The summed E-state index contributed by atoms with van der Waals surface area (Å²) in [6, 6.07) is 5.67. The van der Waals surface area contributed by atoms with Crippen LogP contribution in [0, 0.1) is 6.92 Å². The maximum atomic E-state index is 6.11. The number of rotatable bonds is 5. The Labute approximate surface area is 111 Å². The highest BCUT2D eigenvalue weighted by atomic mass is 35.5. The molecule has 2 rings (SSSR count). The Hall–Kier alpha value is -1.68. The summed E-state index contributed by atoms with van der Waals surface area (Å²) in [4.78, 5) is 7.30. The van der Waals surface area contributed by atoms with E-state index in [9.17, 15) is 0 Å². The Morgan fingerprint density at radius 1 is 1.44 bits per heavy atom. The number of anilines is 1. The van der Waals surface area contributed by atoms with Gasteiger partial charge in [0.1, 0.15) is 11.6 Å². The Morgan fingerprint density at radius 3 is 2.89 bits per heavy atom. The predicted octanol–water partition coefficient (Wildman–Crippen LogP) is 3.38. The summed E-state index contributed by atoms with van der Waals surface area (Å²) in [6.07, 6.45) is 1.82. The van der Waals surface area contributed by atoms with Crippen molar-refractivity contribution in [1.82, 2.24) is 9.97 Å². The molecule has 0 radical (unpaired) electrons. The molecule has 1 aromatic carbocycles. The molecule has 1 aromatic heterocycles. The van der Waals surface area contributed by atoms with Crippen LogP contribution in [0.4, 0.5) is 5.69 Å². The number of hydrogen-bond acceptors (Lipinski definition) is 3. The summed E-state index contributed by atoms with van der Waals surface area (Å²) in [6.45, 7) is 5.16. The highest BCUT2D eigenvalue weighted by Gasteiger charge is 2.03. The van der Waals surface area contributed by atoms with Gasteiger partial charge in [-0.1, -0.05) is 11.6 Å². The second-order valence-corrected chi connectivity index (χ2v) is 4.33. The predicted molar refractivity (Wildman–Crippen MR) is 73.3 cm³/mol. The minimum Gasteiger partial charge on any atom is -0.492 e. The molecule has 96 valence electrons. The minimum absolute atomic E-state index is 0.611. The number of aryl methyl sites for hydroxylation is 1. The molecule has 5 heteroatoms. The van der Waals surface area contributed by atoms with Gasteiger partial charge < -0.3 is 15.0 Å². The summed E-state index contributed by atoms with van der Waals surface area (Å²) >= 11 is 6.11. The lowest BCUT2D eigenvalue weighted by molar-refractivity contribution is 0.340. The molecule has 0 aliphatic carbocycles. The third-order valence-electron chi connectivity index (χ3n) is 2.47. The van der Waals surface area contributed by atoms with Gasteiger partial charge in [-0.3, -0.25) is 0 Å². The van der Waals surface area contributed by atoms with Crippen molar-refractivity contribution < 1.29 is 4.74 Å². The topological polar surface area (TPSA) is 49.9 Å². The van der Waals surface area contributed by atoms with E-state index in [0.717, 1.165) is 17.2 Å². The summed E-state index contributed by atoms with van der Waals surface area (Å²) in [5, 5.41) is 3.89. The minimum atomic E-state index is 0.611. The molecule has 0 aliphatic heterocycles. The number of nitrogens with zero attached hydrogens (tertiary/aromatic N) is 1. The van der Waals surface area contributed by atoms with Gasteiger partial charge in [0.25, 0.3) is 0 Å². The Morgan fingerprint density at radius 2 is 2.28 bits per heavy atom. The van der Waals surface area contributed by atoms with Crippen molar-refractivity contribution in [3.63, 3.8) is 0 Å². The van der Waals surface area contributed by atoms with Gasteiger partial charge in [-0.15, -0.1) is 0 Å². The number of aromatic amines is 1. The lowest BCUT2D eigenvalue weighted by Gasteiger charge is -2.09. The standard InChI is InChI=1S/C13H16ClN3O/c1-3-18-13-5-4-10(6-12(13)14)16-8-11-7-15-9(2)17-11/h4-7,16H,3,8H2,1-2H3,(H,15,17). The van der Waals surface area contributed by atoms with E-state index in [1.165, 1.54) is 0 Å². The summed E-state index contributed by atoms with van der Waals surface area (Å²) in [7, 11) is 0. The second-order valence-electron chi connectivity index (χ2n) is 3.93. The summed E-state index contributed by atoms with van der Waals surface area (Å²) < 4.78 is 5.38. The molecule has 0 unspecified atom stereocenters. The zero-order valence-electron chi connectivity index (χ0n) is 10.5. The third kappa shape index (κ3) is 3.17. The van der Waals surface area contributed by atoms with E-state index in [2.05, 4.69) is 15.3 Å². The Kier molecular flexibility index (Phi) is 4.10. The van der Waals surface area contributed by atoms with Gasteiger partial charge in [-0.05, 0) is 32.0 Å². The van der Waals surface area contributed by atoms with Gasteiger partial charge in [0.05, 0.1) is 30.1 Å². The molecular formula is C13H16ClN3O. The summed E-state index contributed by atoms with van der Waals surface area (Å²) in [5.41, 5.74) is 1.99. The third-order valence-corrected chi connectivity index (χ3v) is 2.77. The van der Waals surface area contributed by atoms with Crippen LogP contribution in [0.2, 0.25) is 5.02 Å². The van der Waals surface area contributed by atoms with Gasteiger partial charge in [-0.25, -0.2) is 4.98 Å². The molecule has 1 heterocycles. The van der Waals surface area contributed by atoms with Gasteiger partial charge in [-0.2, -0.15) is 0 Å². The molecule has 0 fully saturated rings. The first-order chi connectivity index (χ1) is 8.69. The average molecular weight is 266 g/mol. The van der Waals surface area contributed by atoms with Crippen molar-refractivity contribution >= 4 is 17.3 Å². The van der Waals surface area contributed by atoms with Crippen LogP contribution in [0.3, 0.4) is 0 Å². The molecule has 18 heavy (non-hydrogen) atoms. The fraction of sp³-hybridized carbons (Fsp3) is 0.308. The van der Waals surface area contributed by atoms with Crippen molar-refractivity contribution in [3.05, 3.63) is 40.9 Å². The number of H-pyrrole nitrogens is 1.